The van der Waals surface area contributed by atoms with Gasteiger partial charge in [0, 0.05) is 18.1 Å². The molecule has 2 heteroatoms. The van der Waals surface area contributed by atoms with Gasteiger partial charge >= 0.3 is 0 Å². The average molecular weight is 236 g/mol. The first kappa shape index (κ1) is 12.0. The summed E-state index contributed by atoms with van der Waals surface area (Å²) in [6.07, 6.45) is 11.7. The Balaban J connectivity index is 1.59. The Bertz CT molecular complexity index is 248. The predicted molar refractivity (Wildman–Crippen MR) is 72.1 cm³/mol. The van der Waals surface area contributed by atoms with Crippen LogP contribution in [-0.4, -0.2) is 37.1 Å². The molecule has 1 N–H and O–H groups in total. The van der Waals surface area contributed by atoms with Crippen LogP contribution < -0.4 is 5.32 Å². The van der Waals surface area contributed by atoms with Crippen molar-refractivity contribution in [3.8, 4) is 0 Å². The maximum atomic E-state index is 3.64. The van der Waals surface area contributed by atoms with E-state index in [-0.39, 0.29) is 0 Å². The van der Waals surface area contributed by atoms with Crippen LogP contribution in [0, 0.1) is 11.8 Å². The van der Waals surface area contributed by atoms with E-state index in [9.17, 15) is 0 Å². The van der Waals surface area contributed by atoms with Crippen LogP contribution in [0.25, 0.3) is 0 Å². The van der Waals surface area contributed by atoms with Crippen LogP contribution in [0.4, 0.5) is 0 Å². The molecule has 0 aromatic carbocycles. The molecule has 3 rings (SSSR count). The normalized spacial score (nSPS) is 40.2. The van der Waals surface area contributed by atoms with Gasteiger partial charge in [-0.2, -0.15) is 0 Å². The van der Waals surface area contributed by atoms with Crippen molar-refractivity contribution in [2.45, 2.75) is 69.5 Å². The van der Waals surface area contributed by atoms with Gasteiger partial charge in [-0.25, -0.2) is 0 Å². The van der Waals surface area contributed by atoms with Crippen molar-refractivity contribution in [1.29, 1.82) is 0 Å². The van der Waals surface area contributed by atoms with E-state index < -0.39 is 0 Å². The summed E-state index contributed by atoms with van der Waals surface area (Å²) in [5, 5.41) is 3.64. The summed E-state index contributed by atoms with van der Waals surface area (Å²) in [7, 11) is 4.53. The molecule has 2 aliphatic heterocycles. The molecule has 0 aromatic heterocycles. The van der Waals surface area contributed by atoms with E-state index in [0.717, 1.165) is 30.0 Å². The Labute approximate surface area is 106 Å². The fourth-order valence-corrected chi connectivity index (χ4v) is 4.42. The molecule has 3 aliphatic rings. The summed E-state index contributed by atoms with van der Waals surface area (Å²) in [5.41, 5.74) is 0. The Morgan fingerprint density at radius 2 is 1.76 bits per heavy atom. The molecule has 17 heavy (non-hydrogen) atoms. The lowest BCUT2D eigenvalue weighted by molar-refractivity contribution is 0.101. The first-order valence-electron chi connectivity index (χ1n) is 7.67. The van der Waals surface area contributed by atoms with Crippen LogP contribution in [-0.2, 0) is 0 Å². The molecule has 3 atom stereocenters. The average Bonchev–Trinajstić information content (AvgIpc) is 2.52. The van der Waals surface area contributed by atoms with E-state index >= 15 is 0 Å². The Kier molecular flexibility index (Phi) is 3.45. The number of nitrogens with one attached hydrogen (secondary N) is 1. The topological polar surface area (TPSA) is 15.3 Å². The molecular weight excluding hydrogens is 208 g/mol. The van der Waals surface area contributed by atoms with Crippen molar-refractivity contribution in [3.05, 3.63) is 0 Å². The molecule has 0 aromatic rings. The van der Waals surface area contributed by atoms with Gasteiger partial charge in [-0.3, -0.25) is 0 Å². The molecular formula is C15H28N2. The number of nitrogens with zero attached hydrogens (tertiary/aromatic N) is 1. The minimum absolute atomic E-state index is 0.803. The molecule has 0 amide bonds. The van der Waals surface area contributed by atoms with E-state index in [0.29, 0.717) is 0 Å². The molecule has 2 nitrogen and oxygen atoms in total. The van der Waals surface area contributed by atoms with Crippen molar-refractivity contribution in [1.82, 2.24) is 10.2 Å². The third-order valence-electron chi connectivity index (χ3n) is 5.89. The third kappa shape index (κ3) is 2.26. The second-order valence-electron chi connectivity index (χ2n) is 6.71. The first-order valence-corrected chi connectivity index (χ1v) is 7.67. The van der Waals surface area contributed by atoms with Gasteiger partial charge in [0.05, 0.1) is 0 Å². The van der Waals surface area contributed by atoms with E-state index in [4.69, 9.17) is 0 Å². The second kappa shape index (κ2) is 4.89. The highest BCUT2D eigenvalue weighted by atomic mass is 15.2. The number of fused-ring (bicyclic) bond motifs is 2. The quantitative estimate of drug-likeness (QED) is 0.807. The molecule has 1 saturated carbocycles. The largest absolute Gasteiger partial charge is 0.317 e. The van der Waals surface area contributed by atoms with Gasteiger partial charge in [-0.05, 0) is 58.0 Å². The fourth-order valence-electron chi connectivity index (χ4n) is 4.42. The van der Waals surface area contributed by atoms with Gasteiger partial charge in [0.2, 0.25) is 0 Å². The summed E-state index contributed by atoms with van der Waals surface area (Å²) in [4.78, 5) is 2.66. The highest BCUT2D eigenvalue weighted by Crippen LogP contribution is 2.41. The number of hydrogen-bond donors (Lipinski definition) is 1. The lowest BCUT2D eigenvalue weighted by atomic mass is 9.75. The summed E-state index contributed by atoms with van der Waals surface area (Å²) in [5.74, 6) is 2.00. The van der Waals surface area contributed by atoms with Crippen LogP contribution in [0.2, 0.25) is 0 Å². The van der Waals surface area contributed by atoms with E-state index in [1.165, 1.54) is 51.4 Å². The monoisotopic (exact) mass is 236 g/mol. The third-order valence-corrected chi connectivity index (χ3v) is 5.89. The van der Waals surface area contributed by atoms with Crippen molar-refractivity contribution in [2.24, 2.45) is 11.8 Å². The molecule has 3 fully saturated rings. The minimum Gasteiger partial charge on any atom is -0.317 e. The predicted octanol–water partition coefficient (Wildman–Crippen LogP) is 2.64. The van der Waals surface area contributed by atoms with Crippen LogP contribution >= 0.6 is 0 Å². The molecule has 3 unspecified atom stereocenters. The zero-order valence-corrected chi connectivity index (χ0v) is 11.5. The SMILES string of the molecule is CNC(CC1CCC1)C1CC2CCC(C1)N2C. The van der Waals surface area contributed by atoms with Gasteiger partial charge in [0.15, 0.2) is 0 Å². The molecule has 2 heterocycles. The van der Waals surface area contributed by atoms with Crippen molar-refractivity contribution in [2.75, 3.05) is 14.1 Å². The Morgan fingerprint density at radius 3 is 2.24 bits per heavy atom. The van der Waals surface area contributed by atoms with Crippen LogP contribution in [0.5, 0.6) is 0 Å². The van der Waals surface area contributed by atoms with Gasteiger partial charge < -0.3 is 10.2 Å². The Morgan fingerprint density at radius 1 is 1.12 bits per heavy atom. The molecule has 2 saturated heterocycles. The molecule has 1 aliphatic carbocycles. The van der Waals surface area contributed by atoms with Crippen LogP contribution in [0.15, 0.2) is 0 Å². The van der Waals surface area contributed by atoms with Gasteiger partial charge in [0.25, 0.3) is 0 Å². The van der Waals surface area contributed by atoms with E-state index in [2.05, 4.69) is 24.3 Å². The lowest BCUT2D eigenvalue weighted by Gasteiger charge is -2.41. The summed E-state index contributed by atoms with van der Waals surface area (Å²) in [6.45, 7) is 0. The minimum atomic E-state index is 0.803. The lowest BCUT2D eigenvalue weighted by Crippen LogP contribution is -2.47. The van der Waals surface area contributed by atoms with Crippen LogP contribution in [0.1, 0.15) is 51.4 Å². The standard InChI is InChI=1S/C15H28N2/c1-16-15(8-11-4-3-5-11)12-9-13-6-7-14(10-12)17(13)2/h11-16H,3-10H2,1-2H3. The first-order chi connectivity index (χ1) is 8.28. The highest BCUT2D eigenvalue weighted by molar-refractivity contribution is 4.97. The van der Waals surface area contributed by atoms with Gasteiger partial charge in [-0.15, -0.1) is 0 Å². The molecule has 2 bridgehead atoms. The van der Waals surface area contributed by atoms with E-state index in [1.54, 1.807) is 0 Å². The summed E-state index contributed by atoms with van der Waals surface area (Å²) >= 11 is 0. The number of piperidine rings is 1. The molecule has 98 valence electrons. The van der Waals surface area contributed by atoms with Gasteiger partial charge in [0.1, 0.15) is 0 Å². The van der Waals surface area contributed by atoms with Crippen molar-refractivity contribution < 1.29 is 0 Å². The maximum absolute atomic E-state index is 3.64. The Hall–Kier alpha value is -0.0800. The van der Waals surface area contributed by atoms with Gasteiger partial charge in [-0.1, -0.05) is 19.3 Å². The van der Waals surface area contributed by atoms with Crippen LogP contribution in [0.3, 0.4) is 0 Å². The number of hydrogen-bond acceptors (Lipinski definition) is 2. The molecule has 0 spiro atoms. The second-order valence-corrected chi connectivity index (χ2v) is 6.71. The smallest absolute Gasteiger partial charge is 0.00989 e. The fraction of sp³-hybridized carbons (Fsp3) is 1.00. The number of rotatable bonds is 4. The summed E-state index contributed by atoms with van der Waals surface area (Å²) < 4.78 is 0. The zero-order chi connectivity index (χ0) is 11.8. The van der Waals surface area contributed by atoms with Crippen molar-refractivity contribution >= 4 is 0 Å². The highest BCUT2D eigenvalue weighted by Gasteiger charge is 2.41. The summed E-state index contributed by atoms with van der Waals surface area (Å²) in [6, 6.07) is 2.60. The maximum Gasteiger partial charge on any atom is 0.00989 e. The zero-order valence-electron chi connectivity index (χ0n) is 11.5. The van der Waals surface area contributed by atoms with Crippen molar-refractivity contribution in [3.63, 3.8) is 0 Å². The molecule has 0 radical (unpaired) electrons. The van der Waals surface area contributed by atoms with E-state index in [1.807, 2.05) is 0 Å².